The molecule has 2 aromatic rings. The second kappa shape index (κ2) is 10.00. The molecule has 0 spiro atoms. The zero-order valence-electron chi connectivity index (χ0n) is 19.9. The molecule has 1 atom stereocenters. The standard InChI is InChI=1S/C26H41N3O/c1-19(2)17-28(18-20(3)4)15-10-9-13-25-26-23(14-16-29(25)21(5)30)22-11-7-8-12-24(22)27(26)6/h7-8,11-12,19-20,25H,9-10,13-18H2,1-6H3. The summed E-state index contributed by atoms with van der Waals surface area (Å²) in [4.78, 5) is 17.2. The van der Waals surface area contributed by atoms with Crippen LogP contribution >= 0.6 is 0 Å². The molecule has 0 N–H and O–H groups in total. The minimum Gasteiger partial charge on any atom is -0.346 e. The van der Waals surface area contributed by atoms with Crippen LogP contribution in [0.15, 0.2) is 24.3 Å². The van der Waals surface area contributed by atoms with Crippen LogP contribution in [0.3, 0.4) is 0 Å². The molecule has 166 valence electrons. The first kappa shape index (κ1) is 22.9. The molecular weight excluding hydrogens is 370 g/mol. The van der Waals surface area contributed by atoms with Gasteiger partial charge in [0.25, 0.3) is 0 Å². The quantitative estimate of drug-likeness (QED) is 0.516. The van der Waals surface area contributed by atoms with Gasteiger partial charge in [0.05, 0.1) is 6.04 Å². The normalized spacial score (nSPS) is 16.8. The SMILES string of the molecule is CC(=O)N1CCc2c(n(C)c3ccccc23)C1CCCCN(CC(C)C)CC(C)C. The van der Waals surface area contributed by atoms with Crippen LogP contribution in [0.5, 0.6) is 0 Å². The molecule has 2 heterocycles. The average Bonchev–Trinajstić information content (AvgIpc) is 2.97. The lowest BCUT2D eigenvalue weighted by Gasteiger charge is -2.36. The highest BCUT2D eigenvalue weighted by Crippen LogP contribution is 2.39. The molecule has 1 aliphatic heterocycles. The van der Waals surface area contributed by atoms with Gasteiger partial charge in [-0.25, -0.2) is 0 Å². The summed E-state index contributed by atoms with van der Waals surface area (Å²) in [5.74, 6) is 1.61. The highest BCUT2D eigenvalue weighted by atomic mass is 16.2. The minimum atomic E-state index is 0.201. The van der Waals surface area contributed by atoms with Gasteiger partial charge in [0, 0.05) is 50.2 Å². The fourth-order valence-corrected chi connectivity index (χ4v) is 5.35. The molecular formula is C26H41N3O. The van der Waals surface area contributed by atoms with Crippen molar-refractivity contribution in [1.29, 1.82) is 0 Å². The van der Waals surface area contributed by atoms with Gasteiger partial charge in [-0.15, -0.1) is 0 Å². The third kappa shape index (κ3) is 5.08. The van der Waals surface area contributed by atoms with Gasteiger partial charge in [-0.3, -0.25) is 4.79 Å². The van der Waals surface area contributed by atoms with Crippen molar-refractivity contribution in [3.63, 3.8) is 0 Å². The Morgan fingerprint density at radius 3 is 2.40 bits per heavy atom. The van der Waals surface area contributed by atoms with Gasteiger partial charge in [-0.1, -0.05) is 45.9 Å². The number of carbonyl (C=O) groups excluding carboxylic acids is 1. The van der Waals surface area contributed by atoms with E-state index in [1.807, 2.05) is 0 Å². The van der Waals surface area contributed by atoms with Crippen LogP contribution in [0.2, 0.25) is 0 Å². The Balaban J connectivity index is 1.73. The Bertz CT molecular complexity index is 841. The summed E-state index contributed by atoms with van der Waals surface area (Å²) in [6.45, 7) is 15.3. The molecule has 30 heavy (non-hydrogen) atoms. The van der Waals surface area contributed by atoms with E-state index >= 15 is 0 Å². The number of hydrogen-bond donors (Lipinski definition) is 0. The second-order valence-corrected chi connectivity index (χ2v) is 9.96. The molecule has 3 rings (SSSR count). The van der Waals surface area contributed by atoms with E-state index in [0.29, 0.717) is 11.8 Å². The second-order valence-electron chi connectivity index (χ2n) is 9.96. The monoisotopic (exact) mass is 411 g/mol. The minimum absolute atomic E-state index is 0.201. The highest BCUT2D eigenvalue weighted by molar-refractivity contribution is 5.86. The van der Waals surface area contributed by atoms with E-state index in [9.17, 15) is 4.79 Å². The number of benzene rings is 1. The lowest BCUT2D eigenvalue weighted by Crippen LogP contribution is -2.39. The summed E-state index contributed by atoms with van der Waals surface area (Å²) < 4.78 is 2.34. The van der Waals surface area contributed by atoms with Gasteiger partial charge in [0.1, 0.15) is 0 Å². The number of fused-ring (bicyclic) bond motifs is 3. The van der Waals surface area contributed by atoms with Crippen LogP contribution in [0.25, 0.3) is 10.9 Å². The van der Waals surface area contributed by atoms with E-state index in [2.05, 4.69) is 73.4 Å². The number of carbonyl (C=O) groups is 1. The molecule has 1 aromatic heterocycles. The van der Waals surface area contributed by atoms with E-state index in [1.54, 1.807) is 6.92 Å². The van der Waals surface area contributed by atoms with Crippen LogP contribution < -0.4 is 0 Å². The Labute approximate surface area is 183 Å². The van der Waals surface area contributed by atoms with Gasteiger partial charge in [0.2, 0.25) is 5.91 Å². The lowest BCUT2D eigenvalue weighted by molar-refractivity contribution is -0.132. The summed E-state index contributed by atoms with van der Waals surface area (Å²) in [5.41, 5.74) is 4.11. The number of unbranched alkanes of at least 4 members (excludes halogenated alkanes) is 1. The fourth-order valence-electron chi connectivity index (χ4n) is 5.35. The Hall–Kier alpha value is -1.81. The molecule has 1 unspecified atom stereocenters. The van der Waals surface area contributed by atoms with Crippen molar-refractivity contribution in [1.82, 2.24) is 14.4 Å². The molecule has 0 radical (unpaired) electrons. The highest BCUT2D eigenvalue weighted by Gasteiger charge is 2.32. The topological polar surface area (TPSA) is 28.5 Å². The summed E-state index contributed by atoms with van der Waals surface area (Å²) in [6, 6.07) is 8.90. The number of rotatable bonds is 9. The molecule has 0 saturated heterocycles. The number of para-hydroxylation sites is 1. The van der Waals surface area contributed by atoms with Crippen molar-refractivity contribution in [2.24, 2.45) is 18.9 Å². The Morgan fingerprint density at radius 2 is 1.77 bits per heavy atom. The molecule has 1 aromatic carbocycles. The maximum Gasteiger partial charge on any atom is 0.220 e. The average molecular weight is 412 g/mol. The predicted octanol–water partition coefficient (Wildman–Crippen LogP) is 5.41. The van der Waals surface area contributed by atoms with Gasteiger partial charge in [0.15, 0.2) is 0 Å². The third-order valence-electron chi connectivity index (χ3n) is 6.41. The van der Waals surface area contributed by atoms with Crippen LogP contribution in [-0.2, 0) is 18.3 Å². The van der Waals surface area contributed by atoms with Gasteiger partial charge in [-0.05, 0) is 55.7 Å². The summed E-state index contributed by atoms with van der Waals surface area (Å²) in [7, 11) is 2.17. The van der Waals surface area contributed by atoms with E-state index < -0.39 is 0 Å². The largest absolute Gasteiger partial charge is 0.346 e. The van der Waals surface area contributed by atoms with Crippen molar-refractivity contribution in [2.45, 2.75) is 66.3 Å². The van der Waals surface area contributed by atoms with Crippen LogP contribution in [-0.4, -0.2) is 46.5 Å². The van der Waals surface area contributed by atoms with Crippen LogP contribution in [0, 0.1) is 11.8 Å². The van der Waals surface area contributed by atoms with Gasteiger partial charge >= 0.3 is 0 Å². The number of nitrogens with zero attached hydrogens (tertiary/aromatic N) is 3. The van der Waals surface area contributed by atoms with E-state index in [-0.39, 0.29) is 11.9 Å². The number of hydrogen-bond acceptors (Lipinski definition) is 2. The van der Waals surface area contributed by atoms with Crippen molar-refractivity contribution in [3.8, 4) is 0 Å². The molecule has 4 nitrogen and oxygen atoms in total. The van der Waals surface area contributed by atoms with Crippen molar-refractivity contribution in [2.75, 3.05) is 26.2 Å². The number of aromatic nitrogens is 1. The summed E-state index contributed by atoms with van der Waals surface area (Å²) >= 11 is 0. The zero-order chi connectivity index (χ0) is 21.8. The first-order chi connectivity index (χ1) is 14.3. The predicted molar refractivity (Wildman–Crippen MR) is 127 cm³/mol. The summed E-state index contributed by atoms with van der Waals surface area (Å²) in [5, 5.41) is 1.36. The first-order valence-electron chi connectivity index (χ1n) is 11.8. The number of amides is 1. The smallest absolute Gasteiger partial charge is 0.220 e. The number of aryl methyl sites for hydroxylation is 1. The lowest BCUT2D eigenvalue weighted by atomic mass is 9.93. The first-order valence-corrected chi connectivity index (χ1v) is 11.8. The van der Waals surface area contributed by atoms with Crippen molar-refractivity contribution >= 4 is 16.8 Å². The van der Waals surface area contributed by atoms with Crippen LogP contribution in [0.1, 0.15) is 71.2 Å². The Kier molecular flexibility index (Phi) is 7.62. The molecule has 0 saturated carbocycles. The molecule has 0 fully saturated rings. The van der Waals surface area contributed by atoms with Gasteiger partial charge < -0.3 is 14.4 Å². The Morgan fingerprint density at radius 1 is 1.10 bits per heavy atom. The molecule has 1 amide bonds. The van der Waals surface area contributed by atoms with Crippen molar-refractivity contribution in [3.05, 3.63) is 35.5 Å². The molecule has 0 bridgehead atoms. The maximum atomic E-state index is 12.4. The third-order valence-corrected chi connectivity index (χ3v) is 6.41. The summed E-state index contributed by atoms with van der Waals surface area (Å²) in [6.07, 6.45) is 4.36. The fraction of sp³-hybridized carbons (Fsp3) is 0.654. The molecule has 1 aliphatic rings. The van der Waals surface area contributed by atoms with E-state index in [1.165, 1.54) is 41.7 Å². The van der Waals surface area contributed by atoms with Crippen LogP contribution in [0.4, 0.5) is 0 Å². The molecule has 0 aliphatic carbocycles. The molecule has 4 heteroatoms. The van der Waals surface area contributed by atoms with Crippen molar-refractivity contribution < 1.29 is 4.79 Å². The zero-order valence-corrected chi connectivity index (χ0v) is 19.9. The van der Waals surface area contributed by atoms with Gasteiger partial charge in [-0.2, -0.15) is 0 Å². The van der Waals surface area contributed by atoms with E-state index in [4.69, 9.17) is 0 Å². The maximum absolute atomic E-state index is 12.4. The van der Waals surface area contributed by atoms with E-state index in [0.717, 1.165) is 32.4 Å².